The van der Waals surface area contributed by atoms with E-state index < -0.39 is 0 Å². The third-order valence-electron chi connectivity index (χ3n) is 3.83. The maximum atomic E-state index is 5.86. The first kappa shape index (κ1) is 14.0. The largest absolute Gasteiger partial charge is 0.489 e. The molecule has 1 aliphatic rings. The summed E-state index contributed by atoms with van der Waals surface area (Å²) in [5.74, 6) is 2.07. The lowest BCUT2D eigenvalue weighted by molar-refractivity contribution is 0.228. The molecule has 1 atom stereocenters. The Morgan fingerprint density at radius 2 is 1.81 bits per heavy atom. The quantitative estimate of drug-likeness (QED) is 0.917. The summed E-state index contributed by atoms with van der Waals surface area (Å²) in [6, 6.07) is 12.5. The second kappa shape index (κ2) is 5.78. The Bertz CT molecular complexity index is 652. The van der Waals surface area contributed by atoms with E-state index in [1.165, 1.54) is 11.1 Å². The number of fused-ring (bicyclic) bond motifs is 1. The Hall–Kier alpha value is -2.00. The second-order valence-corrected chi connectivity index (χ2v) is 5.74. The van der Waals surface area contributed by atoms with Crippen LogP contribution in [0.4, 0.5) is 0 Å². The third kappa shape index (κ3) is 2.88. The lowest BCUT2D eigenvalue weighted by Crippen LogP contribution is -2.12. The number of hydrogen-bond donors (Lipinski definition) is 1. The van der Waals surface area contributed by atoms with Crippen LogP contribution in [0, 0.1) is 12.8 Å². The smallest absolute Gasteiger partial charge is 0.161 e. The number of rotatable bonds is 2. The Morgan fingerprint density at radius 1 is 1.05 bits per heavy atom. The Labute approximate surface area is 125 Å². The van der Waals surface area contributed by atoms with Gasteiger partial charge in [0.25, 0.3) is 0 Å². The number of aryl methyl sites for hydroxylation is 1. The summed E-state index contributed by atoms with van der Waals surface area (Å²) in [6.07, 6.45) is 0. The maximum Gasteiger partial charge on any atom is 0.161 e. The van der Waals surface area contributed by atoms with Crippen LogP contribution in [0.15, 0.2) is 36.4 Å². The molecule has 0 aliphatic carbocycles. The van der Waals surface area contributed by atoms with E-state index >= 15 is 0 Å². The zero-order valence-electron chi connectivity index (χ0n) is 12.6. The summed E-state index contributed by atoms with van der Waals surface area (Å²) in [6.45, 7) is 6.21. The average Bonchev–Trinajstić information content (AvgIpc) is 2.69. The summed E-state index contributed by atoms with van der Waals surface area (Å²) in [5.41, 5.74) is 10.4. The fourth-order valence-corrected chi connectivity index (χ4v) is 2.60. The standard InChI is InChI=1S/C18H21NO2/c1-12-10-20-17-6-4-15(8-18(17)21-11-12)16-5-3-14(9-19)7-13(16)2/h3-8,12H,9-11,19H2,1-2H3. The van der Waals surface area contributed by atoms with Crippen LogP contribution in [0.2, 0.25) is 0 Å². The molecular formula is C18H21NO2. The van der Waals surface area contributed by atoms with Crippen molar-refractivity contribution in [3.05, 3.63) is 47.5 Å². The van der Waals surface area contributed by atoms with E-state index in [1.54, 1.807) is 0 Å². The van der Waals surface area contributed by atoms with E-state index in [1.807, 2.05) is 6.07 Å². The van der Waals surface area contributed by atoms with Gasteiger partial charge in [0.2, 0.25) is 0 Å². The molecule has 0 bridgehead atoms. The van der Waals surface area contributed by atoms with E-state index in [-0.39, 0.29) is 0 Å². The minimum Gasteiger partial charge on any atom is -0.489 e. The van der Waals surface area contributed by atoms with Crippen LogP contribution in [-0.4, -0.2) is 13.2 Å². The molecule has 1 heterocycles. The van der Waals surface area contributed by atoms with Crippen molar-refractivity contribution < 1.29 is 9.47 Å². The van der Waals surface area contributed by atoms with Crippen LogP contribution in [-0.2, 0) is 6.54 Å². The highest BCUT2D eigenvalue weighted by Crippen LogP contribution is 2.35. The molecule has 1 aliphatic heterocycles. The summed E-state index contributed by atoms with van der Waals surface area (Å²) >= 11 is 0. The minimum absolute atomic E-state index is 0.409. The van der Waals surface area contributed by atoms with Gasteiger partial charge in [-0.15, -0.1) is 0 Å². The van der Waals surface area contributed by atoms with E-state index in [4.69, 9.17) is 15.2 Å². The zero-order chi connectivity index (χ0) is 14.8. The van der Waals surface area contributed by atoms with Gasteiger partial charge in [0.1, 0.15) is 0 Å². The zero-order valence-corrected chi connectivity index (χ0v) is 12.6. The SMILES string of the molecule is Cc1cc(CN)ccc1-c1ccc2c(c1)OCC(C)CO2. The first-order valence-corrected chi connectivity index (χ1v) is 7.37. The number of nitrogens with two attached hydrogens (primary N) is 1. The van der Waals surface area contributed by atoms with Crippen molar-refractivity contribution in [3.8, 4) is 22.6 Å². The van der Waals surface area contributed by atoms with E-state index in [0.29, 0.717) is 25.7 Å². The third-order valence-corrected chi connectivity index (χ3v) is 3.83. The lowest BCUT2D eigenvalue weighted by Gasteiger charge is -2.12. The Kier molecular flexibility index (Phi) is 3.84. The molecule has 1 unspecified atom stereocenters. The van der Waals surface area contributed by atoms with Gasteiger partial charge in [0, 0.05) is 12.5 Å². The van der Waals surface area contributed by atoms with Gasteiger partial charge < -0.3 is 15.2 Å². The van der Waals surface area contributed by atoms with Crippen LogP contribution in [0.1, 0.15) is 18.1 Å². The molecule has 0 radical (unpaired) electrons. The monoisotopic (exact) mass is 283 g/mol. The number of benzene rings is 2. The molecule has 0 amide bonds. The average molecular weight is 283 g/mol. The fraction of sp³-hybridized carbons (Fsp3) is 0.333. The van der Waals surface area contributed by atoms with E-state index in [9.17, 15) is 0 Å². The molecule has 2 N–H and O–H groups in total. The minimum atomic E-state index is 0.409. The van der Waals surface area contributed by atoms with Gasteiger partial charge in [-0.2, -0.15) is 0 Å². The Morgan fingerprint density at radius 3 is 2.52 bits per heavy atom. The van der Waals surface area contributed by atoms with Crippen molar-refractivity contribution in [1.29, 1.82) is 0 Å². The van der Waals surface area contributed by atoms with Crippen LogP contribution in [0.3, 0.4) is 0 Å². The molecule has 0 fully saturated rings. The molecule has 110 valence electrons. The predicted octanol–water partition coefficient (Wildman–Crippen LogP) is 3.53. The van der Waals surface area contributed by atoms with Gasteiger partial charge in [0.15, 0.2) is 11.5 Å². The highest BCUT2D eigenvalue weighted by molar-refractivity contribution is 5.70. The number of ether oxygens (including phenoxy) is 2. The van der Waals surface area contributed by atoms with Gasteiger partial charge in [-0.1, -0.05) is 31.2 Å². The highest BCUT2D eigenvalue weighted by Gasteiger charge is 2.16. The van der Waals surface area contributed by atoms with Gasteiger partial charge in [0.05, 0.1) is 13.2 Å². The molecule has 2 aromatic rings. The van der Waals surface area contributed by atoms with Crippen molar-refractivity contribution in [2.75, 3.05) is 13.2 Å². The summed E-state index contributed by atoms with van der Waals surface area (Å²) in [4.78, 5) is 0. The normalized spacial score (nSPS) is 17.4. The molecule has 0 spiro atoms. The van der Waals surface area contributed by atoms with Gasteiger partial charge in [-0.3, -0.25) is 0 Å². The van der Waals surface area contributed by atoms with Crippen molar-refractivity contribution in [2.45, 2.75) is 20.4 Å². The van der Waals surface area contributed by atoms with Crippen LogP contribution >= 0.6 is 0 Å². The summed E-state index contributed by atoms with van der Waals surface area (Å²) in [5, 5.41) is 0. The lowest BCUT2D eigenvalue weighted by atomic mass is 9.98. The van der Waals surface area contributed by atoms with Crippen molar-refractivity contribution in [1.82, 2.24) is 0 Å². The van der Waals surface area contributed by atoms with Crippen molar-refractivity contribution in [2.24, 2.45) is 11.7 Å². The molecule has 3 rings (SSSR count). The van der Waals surface area contributed by atoms with Crippen molar-refractivity contribution in [3.63, 3.8) is 0 Å². The molecule has 21 heavy (non-hydrogen) atoms. The first-order chi connectivity index (χ1) is 10.2. The van der Waals surface area contributed by atoms with Gasteiger partial charge >= 0.3 is 0 Å². The fourth-order valence-electron chi connectivity index (χ4n) is 2.60. The molecule has 3 nitrogen and oxygen atoms in total. The highest BCUT2D eigenvalue weighted by atomic mass is 16.5. The second-order valence-electron chi connectivity index (χ2n) is 5.74. The van der Waals surface area contributed by atoms with Crippen molar-refractivity contribution >= 4 is 0 Å². The molecule has 0 aromatic heterocycles. The predicted molar refractivity (Wildman–Crippen MR) is 84.7 cm³/mol. The van der Waals surface area contributed by atoms with E-state index in [0.717, 1.165) is 22.6 Å². The maximum absolute atomic E-state index is 5.86. The van der Waals surface area contributed by atoms with E-state index in [2.05, 4.69) is 44.2 Å². The van der Waals surface area contributed by atoms with Crippen LogP contribution in [0.25, 0.3) is 11.1 Å². The van der Waals surface area contributed by atoms with Gasteiger partial charge in [-0.25, -0.2) is 0 Å². The molecule has 2 aromatic carbocycles. The van der Waals surface area contributed by atoms with Gasteiger partial charge in [-0.05, 0) is 41.3 Å². The summed E-state index contributed by atoms with van der Waals surface area (Å²) < 4.78 is 11.6. The van der Waals surface area contributed by atoms with Crippen LogP contribution in [0.5, 0.6) is 11.5 Å². The molecule has 3 heteroatoms. The molecule has 0 saturated carbocycles. The first-order valence-electron chi connectivity index (χ1n) is 7.37. The summed E-state index contributed by atoms with van der Waals surface area (Å²) in [7, 11) is 0. The molecular weight excluding hydrogens is 262 g/mol. The Balaban J connectivity index is 1.97. The molecule has 0 saturated heterocycles. The van der Waals surface area contributed by atoms with Crippen LogP contribution < -0.4 is 15.2 Å². The number of hydrogen-bond acceptors (Lipinski definition) is 3. The topological polar surface area (TPSA) is 44.5 Å².